The molecule has 1 fully saturated rings. The minimum atomic E-state index is -0.145. The van der Waals surface area contributed by atoms with E-state index in [1.807, 2.05) is 6.08 Å². The predicted octanol–water partition coefficient (Wildman–Crippen LogP) is 1.28. The maximum atomic E-state index is 10.2. The van der Waals surface area contributed by atoms with E-state index in [1.165, 1.54) is 0 Å². The van der Waals surface area contributed by atoms with Crippen LogP contribution in [0.1, 0.15) is 19.8 Å². The third-order valence-corrected chi connectivity index (χ3v) is 1.71. The molecule has 1 aliphatic rings. The number of carbonyl (C=O) groups excluding carboxylic acids is 1. The Morgan fingerprint density at radius 3 is 2.75 bits per heavy atom. The van der Waals surface area contributed by atoms with Gasteiger partial charge in [0.25, 0.3) is 0 Å². The van der Waals surface area contributed by atoms with Gasteiger partial charge in [0.2, 0.25) is 0 Å². The van der Waals surface area contributed by atoms with E-state index in [4.69, 9.17) is 9.47 Å². The summed E-state index contributed by atoms with van der Waals surface area (Å²) < 4.78 is 10.6. The summed E-state index contributed by atoms with van der Waals surface area (Å²) in [6.07, 6.45) is 4.16. The van der Waals surface area contributed by atoms with Gasteiger partial charge in [0.15, 0.2) is 6.29 Å². The van der Waals surface area contributed by atoms with Gasteiger partial charge in [-0.3, -0.25) is 4.79 Å². The van der Waals surface area contributed by atoms with Crippen molar-refractivity contribution >= 4 is 6.29 Å². The molecule has 0 atom stereocenters. The summed E-state index contributed by atoms with van der Waals surface area (Å²) >= 11 is 0. The van der Waals surface area contributed by atoms with Gasteiger partial charge in [0.1, 0.15) is 6.29 Å². The van der Waals surface area contributed by atoms with Gasteiger partial charge in [-0.25, -0.2) is 0 Å². The van der Waals surface area contributed by atoms with Crippen LogP contribution < -0.4 is 0 Å². The molecule has 0 aromatic carbocycles. The first kappa shape index (κ1) is 9.42. The molecular weight excluding hydrogens is 156 g/mol. The van der Waals surface area contributed by atoms with E-state index in [1.54, 1.807) is 6.92 Å². The number of hydrogen-bond acceptors (Lipinski definition) is 3. The number of allylic oxidation sites excluding steroid dienone is 1. The van der Waals surface area contributed by atoms with Gasteiger partial charge in [-0.15, -0.1) is 0 Å². The van der Waals surface area contributed by atoms with Crippen LogP contribution in [-0.4, -0.2) is 25.8 Å². The zero-order chi connectivity index (χ0) is 8.81. The zero-order valence-corrected chi connectivity index (χ0v) is 7.29. The molecule has 1 heterocycles. The smallest absolute Gasteiger partial charge is 0.160 e. The van der Waals surface area contributed by atoms with Gasteiger partial charge in [-0.05, 0) is 18.9 Å². The van der Waals surface area contributed by atoms with Gasteiger partial charge >= 0.3 is 0 Å². The Kier molecular flexibility index (Phi) is 3.97. The van der Waals surface area contributed by atoms with Crippen LogP contribution in [-0.2, 0) is 14.3 Å². The Morgan fingerprint density at radius 2 is 2.17 bits per heavy atom. The van der Waals surface area contributed by atoms with Gasteiger partial charge in [0.05, 0.1) is 13.2 Å². The van der Waals surface area contributed by atoms with E-state index in [2.05, 4.69) is 0 Å². The summed E-state index contributed by atoms with van der Waals surface area (Å²) in [4.78, 5) is 10.2. The highest BCUT2D eigenvalue weighted by atomic mass is 16.7. The number of carbonyl (C=O) groups is 1. The lowest BCUT2D eigenvalue weighted by molar-refractivity contribution is -0.175. The molecule has 0 aromatic heterocycles. The van der Waals surface area contributed by atoms with Crippen molar-refractivity contribution in [2.75, 3.05) is 13.2 Å². The minimum absolute atomic E-state index is 0.145. The number of rotatable bonds is 3. The first-order chi connectivity index (χ1) is 5.83. The lowest BCUT2D eigenvalue weighted by Gasteiger charge is -2.21. The topological polar surface area (TPSA) is 35.5 Å². The van der Waals surface area contributed by atoms with E-state index >= 15 is 0 Å². The molecule has 1 saturated heterocycles. The summed E-state index contributed by atoms with van der Waals surface area (Å²) in [7, 11) is 0. The Balaban J connectivity index is 2.25. The fourth-order valence-electron chi connectivity index (χ4n) is 1.00. The van der Waals surface area contributed by atoms with E-state index in [0.717, 1.165) is 31.5 Å². The SMILES string of the molecule is C/C(C=O)=C\CC1OCCCO1. The molecule has 3 nitrogen and oxygen atoms in total. The molecule has 12 heavy (non-hydrogen) atoms. The lowest BCUT2D eigenvalue weighted by Crippen LogP contribution is -2.24. The number of aldehydes is 1. The van der Waals surface area contributed by atoms with Crippen molar-refractivity contribution in [2.24, 2.45) is 0 Å². The van der Waals surface area contributed by atoms with Crippen LogP contribution in [0, 0.1) is 0 Å². The summed E-state index contributed by atoms with van der Waals surface area (Å²) in [5, 5.41) is 0. The Labute approximate surface area is 72.4 Å². The second-order valence-corrected chi connectivity index (χ2v) is 2.83. The normalized spacial score (nSPS) is 20.9. The fraction of sp³-hybridized carbons (Fsp3) is 0.667. The third kappa shape index (κ3) is 3.15. The average Bonchev–Trinajstić information content (AvgIpc) is 2.16. The van der Waals surface area contributed by atoms with Crippen molar-refractivity contribution in [1.82, 2.24) is 0 Å². The highest BCUT2D eigenvalue weighted by Gasteiger charge is 2.11. The molecule has 0 radical (unpaired) electrons. The van der Waals surface area contributed by atoms with E-state index in [-0.39, 0.29) is 6.29 Å². The molecule has 3 heteroatoms. The van der Waals surface area contributed by atoms with E-state index in [9.17, 15) is 4.79 Å². The molecule has 0 N–H and O–H groups in total. The Morgan fingerprint density at radius 1 is 1.50 bits per heavy atom. The molecule has 0 spiro atoms. The molecule has 0 unspecified atom stereocenters. The van der Waals surface area contributed by atoms with E-state index in [0.29, 0.717) is 6.42 Å². The Bertz CT molecular complexity index is 169. The Hall–Kier alpha value is -0.670. The van der Waals surface area contributed by atoms with Gasteiger partial charge in [0, 0.05) is 6.42 Å². The lowest BCUT2D eigenvalue weighted by atomic mass is 10.2. The number of hydrogen-bond donors (Lipinski definition) is 0. The summed E-state index contributed by atoms with van der Waals surface area (Å²) in [6.45, 7) is 3.30. The summed E-state index contributed by atoms with van der Waals surface area (Å²) in [5.74, 6) is 0. The van der Waals surface area contributed by atoms with Crippen LogP contribution in [0.15, 0.2) is 11.6 Å². The molecular formula is C9H14O3. The molecule has 0 aliphatic carbocycles. The monoisotopic (exact) mass is 170 g/mol. The van der Waals surface area contributed by atoms with Crippen molar-refractivity contribution < 1.29 is 14.3 Å². The maximum Gasteiger partial charge on any atom is 0.160 e. The predicted molar refractivity (Wildman–Crippen MR) is 44.7 cm³/mol. The minimum Gasteiger partial charge on any atom is -0.352 e. The zero-order valence-electron chi connectivity index (χ0n) is 7.29. The van der Waals surface area contributed by atoms with E-state index < -0.39 is 0 Å². The largest absolute Gasteiger partial charge is 0.352 e. The van der Waals surface area contributed by atoms with Crippen molar-refractivity contribution in [3.63, 3.8) is 0 Å². The highest BCUT2D eigenvalue weighted by molar-refractivity contribution is 5.71. The summed E-state index contributed by atoms with van der Waals surface area (Å²) in [5.41, 5.74) is 0.729. The standard InChI is InChI=1S/C9H14O3/c1-8(7-10)3-4-9-11-5-2-6-12-9/h3,7,9H,2,4-6H2,1H3/b8-3+. The fourth-order valence-corrected chi connectivity index (χ4v) is 1.00. The molecule has 0 amide bonds. The maximum absolute atomic E-state index is 10.2. The second-order valence-electron chi connectivity index (χ2n) is 2.83. The molecule has 0 aromatic rings. The molecule has 0 bridgehead atoms. The average molecular weight is 170 g/mol. The van der Waals surface area contributed by atoms with Gasteiger partial charge < -0.3 is 9.47 Å². The van der Waals surface area contributed by atoms with Crippen molar-refractivity contribution in [3.8, 4) is 0 Å². The van der Waals surface area contributed by atoms with Crippen LogP contribution >= 0.6 is 0 Å². The third-order valence-electron chi connectivity index (χ3n) is 1.71. The quantitative estimate of drug-likeness (QED) is 0.473. The molecule has 0 saturated carbocycles. The van der Waals surface area contributed by atoms with Crippen LogP contribution in [0.2, 0.25) is 0 Å². The van der Waals surface area contributed by atoms with Crippen LogP contribution in [0.25, 0.3) is 0 Å². The van der Waals surface area contributed by atoms with Crippen molar-refractivity contribution in [3.05, 3.63) is 11.6 Å². The molecule has 1 aliphatic heterocycles. The molecule has 1 rings (SSSR count). The number of ether oxygens (including phenoxy) is 2. The van der Waals surface area contributed by atoms with Crippen LogP contribution in [0.4, 0.5) is 0 Å². The highest BCUT2D eigenvalue weighted by Crippen LogP contribution is 2.09. The molecule has 68 valence electrons. The van der Waals surface area contributed by atoms with Gasteiger partial charge in [-0.2, -0.15) is 0 Å². The first-order valence-corrected chi connectivity index (χ1v) is 4.18. The van der Waals surface area contributed by atoms with Crippen molar-refractivity contribution in [2.45, 2.75) is 26.1 Å². The van der Waals surface area contributed by atoms with Gasteiger partial charge in [-0.1, -0.05) is 6.08 Å². The second kappa shape index (κ2) is 5.06. The first-order valence-electron chi connectivity index (χ1n) is 4.18. The van der Waals surface area contributed by atoms with Crippen LogP contribution in [0.3, 0.4) is 0 Å². The van der Waals surface area contributed by atoms with Crippen molar-refractivity contribution in [1.29, 1.82) is 0 Å². The summed E-state index contributed by atoms with van der Waals surface area (Å²) in [6, 6.07) is 0. The van der Waals surface area contributed by atoms with Crippen LogP contribution in [0.5, 0.6) is 0 Å².